The Morgan fingerprint density at radius 2 is 2.06 bits per heavy atom. The lowest BCUT2D eigenvalue weighted by Gasteiger charge is -2.16. The molecule has 0 fully saturated rings. The second-order valence-electron chi connectivity index (χ2n) is 4.09. The molecule has 2 heteroatoms. The van der Waals surface area contributed by atoms with Crippen LogP contribution in [-0.4, -0.2) is 13.2 Å². The summed E-state index contributed by atoms with van der Waals surface area (Å²) in [6.07, 6.45) is 1.84. The highest BCUT2D eigenvalue weighted by Gasteiger charge is 2.07. The first-order valence-electron chi connectivity index (χ1n) is 5.65. The van der Waals surface area contributed by atoms with Crippen molar-refractivity contribution >= 4 is 0 Å². The van der Waals surface area contributed by atoms with Gasteiger partial charge in [0.2, 0.25) is 0 Å². The third-order valence-corrected chi connectivity index (χ3v) is 2.78. The second-order valence-corrected chi connectivity index (χ2v) is 4.09. The van der Waals surface area contributed by atoms with Crippen LogP contribution in [0.5, 0.6) is 5.75 Å². The second kappa shape index (κ2) is 5.71. The molecular weight excluding hydrogens is 198 g/mol. The lowest BCUT2D eigenvalue weighted by molar-refractivity contribution is 0.268. The molecular formula is C14H21NO. The van der Waals surface area contributed by atoms with Crippen molar-refractivity contribution in [3.05, 3.63) is 42.0 Å². The van der Waals surface area contributed by atoms with E-state index in [1.165, 1.54) is 5.56 Å². The standard InChI is InChI=1S/C14H21NO/c1-6-11(3)16-14-8-7-13(9-10(14)2)12(4)15-5/h6-9,11-12,15H,1H2,2-5H3. The van der Waals surface area contributed by atoms with E-state index in [0.717, 1.165) is 11.3 Å². The van der Waals surface area contributed by atoms with E-state index in [4.69, 9.17) is 4.74 Å². The maximum atomic E-state index is 5.72. The van der Waals surface area contributed by atoms with Gasteiger partial charge in [-0.3, -0.25) is 0 Å². The van der Waals surface area contributed by atoms with Crippen molar-refractivity contribution in [1.82, 2.24) is 5.32 Å². The summed E-state index contributed by atoms with van der Waals surface area (Å²) in [6.45, 7) is 9.90. The van der Waals surface area contributed by atoms with E-state index in [0.29, 0.717) is 6.04 Å². The maximum Gasteiger partial charge on any atom is 0.123 e. The fourth-order valence-corrected chi connectivity index (χ4v) is 1.49. The van der Waals surface area contributed by atoms with E-state index in [9.17, 15) is 0 Å². The molecule has 0 aliphatic carbocycles. The zero-order chi connectivity index (χ0) is 12.1. The van der Waals surface area contributed by atoms with Crippen LogP contribution in [0.25, 0.3) is 0 Å². The first kappa shape index (κ1) is 12.8. The lowest BCUT2D eigenvalue weighted by Crippen LogP contribution is -2.13. The Labute approximate surface area is 98.3 Å². The molecule has 1 N–H and O–H groups in total. The van der Waals surface area contributed by atoms with E-state index in [2.05, 4.69) is 37.9 Å². The molecule has 0 heterocycles. The summed E-state index contributed by atoms with van der Waals surface area (Å²) >= 11 is 0. The average Bonchev–Trinajstić information content (AvgIpc) is 2.30. The number of hydrogen-bond donors (Lipinski definition) is 1. The van der Waals surface area contributed by atoms with Crippen LogP contribution in [0.1, 0.15) is 31.0 Å². The smallest absolute Gasteiger partial charge is 0.123 e. The first-order chi connectivity index (χ1) is 7.58. The highest BCUT2D eigenvalue weighted by Crippen LogP contribution is 2.23. The molecule has 1 aromatic rings. The summed E-state index contributed by atoms with van der Waals surface area (Å²) in [5.74, 6) is 0.930. The van der Waals surface area contributed by atoms with Crippen LogP contribution in [0, 0.1) is 6.92 Å². The molecule has 0 aliphatic rings. The van der Waals surface area contributed by atoms with Crippen LogP contribution in [0.4, 0.5) is 0 Å². The molecule has 16 heavy (non-hydrogen) atoms. The Hall–Kier alpha value is -1.28. The molecule has 0 saturated carbocycles. The lowest BCUT2D eigenvalue weighted by atomic mass is 10.1. The van der Waals surface area contributed by atoms with Crippen molar-refractivity contribution in [2.45, 2.75) is 32.9 Å². The third-order valence-electron chi connectivity index (χ3n) is 2.78. The predicted molar refractivity (Wildman–Crippen MR) is 68.9 cm³/mol. The van der Waals surface area contributed by atoms with Crippen LogP contribution in [0.15, 0.2) is 30.9 Å². The van der Waals surface area contributed by atoms with Gasteiger partial charge in [-0.15, -0.1) is 0 Å². The number of benzene rings is 1. The Bertz CT molecular complexity index is 360. The maximum absolute atomic E-state index is 5.72. The molecule has 0 bridgehead atoms. The van der Waals surface area contributed by atoms with Gasteiger partial charge in [0, 0.05) is 6.04 Å². The molecule has 0 aromatic heterocycles. The van der Waals surface area contributed by atoms with Crippen LogP contribution in [0.3, 0.4) is 0 Å². The molecule has 1 rings (SSSR count). The fourth-order valence-electron chi connectivity index (χ4n) is 1.49. The molecule has 0 spiro atoms. The first-order valence-corrected chi connectivity index (χ1v) is 5.65. The predicted octanol–water partition coefficient (Wildman–Crippen LogP) is 3.23. The van der Waals surface area contributed by atoms with Gasteiger partial charge >= 0.3 is 0 Å². The minimum atomic E-state index is 0.0475. The molecule has 2 unspecified atom stereocenters. The van der Waals surface area contributed by atoms with Gasteiger partial charge in [0.05, 0.1) is 0 Å². The van der Waals surface area contributed by atoms with Crippen molar-refractivity contribution < 1.29 is 4.74 Å². The van der Waals surface area contributed by atoms with Crippen LogP contribution in [0.2, 0.25) is 0 Å². The van der Waals surface area contributed by atoms with Crippen molar-refractivity contribution in [3.8, 4) is 5.75 Å². The van der Waals surface area contributed by atoms with E-state index in [-0.39, 0.29) is 6.10 Å². The molecule has 2 atom stereocenters. The molecule has 0 aliphatic heterocycles. The van der Waals surface area contributed by atoms with E-state index < -0.39 is 0 Å². The van der Waals surface area contributed by atoms with Gasteiger partial charge in [0.25, 0.3) is 0 Å². The van der Waals surface area contributed by atoms with Crippen LogP contribution < -0.4 is 10.1 Å². The Morgan fingerprint density at radius 1 is 1.38 bits per heavy atom. The van der Waals surface area contributed by atoms with E-state index in [1.807, 2.05) is 20.0 Å². The van der Waals surface area contributed by atoms with E-state index >= 15 is 0 Å². The van der Waals surface area contributed by atoms with Gasteiger partial charge in [0.1, 0.15) is 11.9 Å². The van der Waals surface area contributed by atoms with Gasteiger partial charge < -0.3 is 10.1 Å². The molecule has 2 nitrogen and oxygen atoms in total. The minimum Gasteiger partial charge on any atom is -0.486 e. The minimum absolute atomic E-state index is 0.0475. The zero-order valence-electron chi connectivity index (χ0n) is 10.6. The summed E-state index contributed by atoms with van der Waals surface area (Å²) < 4.78 is 5.72. The highest BCUT2D eigenvalue weighted by atomic mass is 16.5. The normalized spacial score (nSPS) is 14.2. The molecule has 0 saturated heterocycles. The highest BCUT2D eigenvalue weighted by molar-refractivity contribution is 5.37. The summed E-state index contributed by atoms with van der Waals surface area (Å²) in [4.78, 5) is 0. The Kier molecular flexibility index (Phi) is 4.56. The number of rotatable bonds is 5. The summed E-state index contributed by atoms with van der Waals surface area (Å²) in [5.41, 5.74) is 2.44. The molecule has 0 radical (unpaired) electrons. The van der Waals surface area contributed by atoms with Crippen molar-refractivity contribution in [2.75, 3.05) is 7.05 Å². The number of hydrogen-bond acceptors (Lipinski definition) is 2. The number of nitrogens with one attached hydrogen (secondary N) is 1. The Morgan fingerprint density at radius 3 is 2.56 bits per heavy atom. The Balaban J connectivity index is 2.87. The van der Waals surface area contributed by atoms with Crippen molar-refractivity contribution in [1.29, 1.82) is 0 Å². The van der Waals surface area contributed by atoms with Gasteiger partial charge in [-0.1, -0.05) is 24.8 Å². The topological polar surface area (TPSA) is 21.3 Å². The van der Waals surface area contributed by atoms with E-state index in [1.54, 1.807) is 6.08 Å². The third kappa shape index (κ3) is 3.11. The number of ether oxygens (including phenoxy) is 1. The SMILES string of the molecule is C=CC(C)Oc1ccc(C(C)NC)cc1C. The number of aryl methyl sites for hydroxylation is 1. The summed E-state index contributed by atoms with van der Waals surface area (Å²) in [6, 6.07) is 6.65. The quantitative estimate of drug-likeness (QED) is 0.768. The van der Waals surface area contributed by atoms with Crippen LogP contribution in [-0.2, 0) is 0 Å². The largest absolute Gasteiger partial charge is 0.486 e. The van der Waals surface area contributed by atoms with Gasteiger partial charge in [0.15, 0.2) is 0 Å². The van der Waals surface area contributed by atoms with Crippen LogP contribution >= 0.6 is 0 Å². The van der Waals surface area contributed by atoms with Crippen molar-refractivity contribution in [3.63, 3.8) is 0 Å². The summed E-state index contributed by atoms with van der Waals surface area (Å²) in [7, 11) is 1.96. The van der Waals surface area contributed by atoms with Crippen molar-refractivity contribution in [2.24, 2.45) is 0 Å². The van der Waals surface area contributed by atoms with Gasteiger partial charge in [-0.25, -0.2) is 0 Å². The molecule has 88 valence electrons. The zero-order valence-corrected chi connectivity index (χ0v) is 10.6. The fraction of sp³-hybridized carbons (Fsp3) is 0.429. The average molecular weight is 219 g/mol. The van der Waals surface area contributed by atoms with Gasteiger partial charge in [-0.05, 0) is 45.0 Å². The summed E-state index contributed by atoms with van der Waals surface area (Å²) in [5, 5.41) is 3.22. The molecule has 0 amide bonds. The van der Waals surface area contributed by atoms with Gasteiger partial charge in [-0.2, -0.15) is 0 Å². The monoisotopic (exact) mass is 219 g/mol. The molecule has 1 aromatic carbocycles.